The van der Waals surface area contributed by atoms with Gasteiger partial charge in [0, 0.05) is 11.9 Å². The first-order valence-corrected chi connectivity index (χ1v) is 20.5. The van der Waals surface area contributed by atoms with Crippen LogP contribution < -0.4 is 20.8 Å². The van der Waals surface area contributed by atoms with E-state index in [0.29, 0.717) is 0 Å². The Labute approximate surface area is 288 Å². The Bertz CT molecular complexity index is 479. The van der Waals surface area contributed by atoms with Crippen molar-refractivity contribution in [3.63, 3.8) is 0 Å². The van der Waals surface area contributed by atoms with Crippen LogP contribution in [0.25, 0.3) is 0 Å². The molecule has 0 heterocycles. The molecule has 0 bridgehead atoms. The molecule has 0 fully saturated rings. The first-order valence-electron chi connectivity index (χ1n) is 20.5. The van der Waals surface area contributed by atoms with Crippen molar-refractivity contribution in [2.75, 3.05) is 26.2 Å². The van der Waals surface area contributed by atoms with Crippen molar-refractivity contribution in [3.05, 3.63) is 0 Å². The molecule has 0 aromatic rings. The molecule has 6 nitrogen and oxygen atoms in total. The Balaban J connectivity index is -0.000000653. The molecule has 0 radical (unpaired) electrons. The summed E-state index contributed by atoms with van der Waals surface area (Å²) >= 11 is 0. The second-order valence-corrected chi connectivity index (χ2v) is 13.5. The second-order valence-electron chi connectivity index (χ2n) is 13.5. The standard InChI is InChI=1S/2C18H39N.C4H6O4/c2*1-3-5-7-9-11-13-15-17-19-18-16-14-12-10-8-6-4-2;5-3(6)1-2-4(7)8/h2*19H,3-18H2,1-2H3;1-2H2,(H,5,6)(H,7,8). The van der Waals surface area contributed by atoms with E-state index in [0.717, 1.165) is 0 Å². The number of nitrogens with two attached hydrogens (primary N) is 2. The van der Waals surface area contributed by atoms with Crippen LogP contribution in [0.5, 0.6) is 0 Å². The zero-order valence-corrected chi connectivity index (χ0v) is 31.8. The van der Waals surface area contributed by atoms with Gasteiger partial charge in [-0.15, -0.1) is 0 Å². The minimum atomic E-state index is -1.37. The van der Waals surface area contributed by atoms with Gasteiger partial charge in [0.2, 0.25) is 0 Å². The van der Waals surface area contributed by atoms with Gasteiger partial charge in [-0.25, -0.2) is 0 Å². The summed E-state index contributed by atoms with van der Waals surface area (Å²) in [6, 6.07) is 0. The lowest BCUT2D eigenvalue weighted by Crippen LogP contribution is -2.84. The monoisotopic (exact) mass is 657 g/mol. The van der Waals surface area contributed by atoms with Crippen molar-refractivity contribution in [2.24, 2.45) is 0 Å². The van der Waals surface area contributed by atoms with Gasteiger partial charge in [0.1, 0.15) is 0 Å². The van der Waals surface area contributed by atoms with E-state index < -0.39 is 24.8 Å². The van der Waals surface area contributed by atoms with Crippen molar-refractivity contribution < 1.29 is 30.4 Å². The average Bonchev–Trinajstić information content (AvgIpc) is 3.04. The fourth-order valence-corrected chi connectivity index (χ4v) is 5.48. The summed E-state index contributed by atoms with van der Waals surface area (Å²) in [6.07, 6.45) is 39.4. The smallest absolute Gasteiger partial charge is 0.0755 e. The van der Waals surface area contributed by atoms with Crippen LogP contribution in [0.2, 0.25) is 0 Å². The molecule has 0 aliphatic carbocycles. The highest BCUT2D eigenvalue weighted by molar-refractivity contribution is 5.72. The van der Waals surface area contributed by atoms with Gasteiger partial charge >= 0.3 is 0 Å². The van der Waals surface area contributed by atoms with Gasteiger partial charge in [-0.3, -0.25) is 0 Å². The second kappa shape index (κ2) is 48.3. The molecule has 0 atom stereocenters. The number of hydrogen-bond acceptors (Lipinski definition) is 4. The topological polar surface area (TPSA) is 113 Å². The largest absolute Gasteiger partial charge is 0.550 e. The minimum Gasteiger partial charge on any atom is -0.550 e. The fourth-order valence-electron chi connectivity index (χ4n) is 5.48. The molecule has 0 unspecified atom stereocenters. The van der Waals surface area contributed by atoms with Crippen LogP contribution in [0, 0.1) is 0 Å². The molecule has 0 saturated heterocycles. The van der Waals surface area contributed by atoms with Gasteiger partial charge in [0.15, 0.2) is 0 Å². The molecule has 0 amide bonds. The number of carboxylic acid groups (broad SMARTS) is 2. The average molecular weight is 657 g/mol. The van der Waals surface area contributed by atoms with E-state index in [4.69, 9.17) is 0 Å². The molecular weight excluding hydrogens is 572 g/mol. The highest BCUT2D eigenvalue weighted by Gasteiger charge is 1.96. The van der Waals surface area contributed by atoms with Gasteiger partial charge in [-0.05, 0) is 64.2 Å². The fraction of sp³-hybridized carbons (Fsp3) is 0.950. The van der Waals surface area contributed by atoms with Crippen LogP contribution in [0.1, 0.15) is 220 Å². The zero-order valence-electron chi connectivity index (χ0n) is 31.8. The van der Waals surface area contributed by atoms with Crippen LogP contribution in [0.4, 0.5) is 0 Å². The van der Waals surface area contributed by atoms with Crippen LogP contribution in [-0.4, -0.2) is 38.1 Å². The Hall–Kier alpha value is -1.14. The maximum atomic E-state index is 9.50. The molecule has 0 spiro atoms. The maximum absolute atomic E-state index is 9.50. The minimum absolute atomic E-state index is 0.470. The summed E-state index contributed by atoms with van der Waals surface area (Å²) in [5.74, 6) is -2.73. The summed E-state index contributed by atoms with van der Waals surface area (Å²) in [5.41, 5.74) is 0. The Morgan fingerprint density at radius 1 is 0.326 bits per heavy atom. The molecule has 6 heteroatoms. The number of unbranched alkanes of at least 4 members (excludes halogenated alkanes) is 24. The number of quaternary nitrogens is 2. The summed E-state index contributed by atoms with van der Waals surface area (Å²) in [6.45, 7) is 14.6. The van der Waals surface area contributed by atoms with E-state index in [-0.39, 0.29) is 0 Å². The van der Waals surface area contributed by atoms with Crippen molar-refractivity contribution in [1.82, 2.24) is 0 Å². The molecule has 0 saturated carbocycles. The quantitative estimate of drug-likeness (QED) is 0.0694. The van der Waals surface area contributed by atoms with Gasteiger partial charge in [0.25, 0.3) is 0 Å². The molecule has 0 rings (SSSR count). The SMILES string of the molecule is CCCCCCCCC[NH2+]CCCCCCCCC.CCCCCCCCC[NH2+]CCCCCCCCC.O=C([O-])CCC(=O)[O-]. The number of carboxylic acids is 2. The van der Waals surface area contributed by atoms with Crippen LogP contribution in [0.3, 0.4) is 0 Å². The van der Waals surface area contributed by atoms with E-state index in [1.165, 1.54) is 206 Å². The first-order chi connectivity index (χ1) is 22.5. The van der Waals surface area contributed by atoms with E-state index >= 15 is 0 Å². The van der Waals surface area contributed by atoms with Gasteiger partial charge in [0.05, 0.1) is 26.2 Å². The number of rotatable bonds is 35. The van der Waals surface area contributed by atoms with E-state index in [1.54, 1.807) is 0 Å². The maximum Gasteiger partial charge on any atom is 0.0755 e. The molecule has 0 aliphatic heterocycles. The predicted molar refractivity (Wildman–Crippen MR) is 195 cm³/mol. The third-order valence-corrected chi connectivity index (χ3v) is 8.58. The van der Waals surface area contributed by atoms with Crippen molar-refractivity contribution in [1.29, 1.82) is 0 Å². The molecule has 278 valence electrons. The Kier molecular flexibility index (Phi) is 51.7. The molecule has 0 aromatic heterocycles. The summed E-state index contributed by atoms with van der Waals surface area (Å²) < 4.78 is 0. The van der Waals surface area contributed by atoms with Crippen molar-refractivity contribution in [2.45, 2.75) is 220 Å². The van der Waals surface area contributed by atoms with Gasteiger partial charge < -0.3 is 30.4 Å². The van der Waals surface area contributed by atoms with Crippen LogP contribution in [-0.2, 0) is 9.59 Å². The predicted octanol–water partition coefficient (Wildman–Crippen LogP) is 7.37. The normalized spacial score (nSPS) is 10.6. The van der Waals surface area contributed by atoms with Crippen LogP contribution >= 0.6 is 0 Å². The number of aliphatic carboxylic acids is 2. The molecular formula is C40H84N2O4. The number of carbonyl (C=O) groups is 2. The van der Waals surface area contributed by atoms with E-state index in [9.17, 15) is 19.8 Å². The summed E-state index contributed by atoms with van der Waals surface area (Å²) in [7, 11) is 0. The third kappa shape index (κ3) is 58.4. The first kappa shape index (κ1) is 49.2. The summed E-state index contributed by atoms with van der Waals surface area (Å²) in [4.78, 5) is 19.0. The lowest BCUT2D eigenvalue weighted by atomic mass is 10.1. The zero-order chi connectivity index (χ0) is 34.6. The van der Waals surface area contributed by atoms with E-state index in [1.807, 2.05) is 0 Å². The Morgan fingerprint density at radius 3 is 0.674 bits per heavy atom. The van der Waals surface area contributed by atoms with Crippen molar-refractivity contribution in [3.8, 4) is 0 Å². The molecule has 0 aliphatic rings. The van der Waals surface area contributed by atoms with E-state index in [2.05, 4.69) is 38.3 Å². The molecule has 4 N–H and O–H groups in total. The lowest BCUT2D eigenvalue weighted by Gasteiger charge is -2.03. The number of hydrogen-bond donors (Lipinski definition) is 2. The third-order valence-electron chi connectivity index (χ3n) is 8.58. The van der Waals surface area contributed by atoms with Gasteiger partial charge in [-0.1, -0.05) is 156 Å². The Morgan fingerprint density at radius 2 is 0.500 bits per heavy atom. The molecule has 46 heavy (non-hydrogen) atoms. The van der Waals surface area contributed by atoms with Crippen LogP contribution in [0.15, 0.2) is 0 Å². The summed E-state index contributed by atoms with van der Waals surface area (Å²) in [5, 5.41) is 24.1. The van der Waals surface area contributed by atoms with Crippen molar-refractivity contribution >= 4 is 11.9 Å². The lowest BCUT2D eigenvalue weighted by molar-refractivity contribution is -0.655. The number of carbonyl (C=O) groups excluding carboxylic acids is 2. The van der Waals surface area contributed by atoms with Gasteiger partial charge in [-0.2, -0.15) is 0 Å². The highest BCUT2D eigenvalue weighted by Crippen LogP contribution is 2.08. The highest BCUT2D eigenvalue weighted by atomic mass is 16.4. The molecule has 0 aromatic carbocycles.